The van der Waals surface area contributed by atoms with Gasteiger partial charge in [-0.2, -0.15) is 0 Å². The van der Waals surface area contributed by atoms with E-state index in [9.17, 15) is 0 Å². The molecule has 3 aromatic heterocycles. The molecule has 8 rings (SSSR count). The predicted octanol–water partition coefficient (Wildman–Crippen LogP) is 8.77. The second-order valence-corrected chi connectivity index (χ2v) is 10.6. The molecule has 0 saturated heterocycles. The smallest absolute Gasteiger partial charge is 0.224 e. The Kier molecular flexibility index (Phi) is 4.31. The molecule has 5 aromatic carbocycles. The van der Waals surface area contributed by atoms with E-state index in [1.54, 1.807) is 0 Å². The van der Waals surface area contributed by atoms with E-state index in [2.05, 4.69) is 139 Å². The zero-order chi connectivity index (χ0) is 25.5. The van der Waals surface area contributed by atoms with E-state index < -0.39 is 0 Å². The first kappa shape index (κ1) is 21.4. The Bertz CT molecular complexity index is 2190. The lowest BCUT2D eigenvalue weighted by molar-refractivity contribution is -0.643. The quantitative estimate of drug-likeness (QED) is 0.131. The molecular formula is C36H27N2+. The van der Waals surface area contributed by atoms with Gasteiger partial charge in [0.15, 0.2) is 6.20 Å². The second-order valence-electron chi connectivity index (χ2n) is 10.6. The van der Waals surface area contributed by atoms with Gasteiger partial charge in [-0.05, 0) is 76.9 Å². The fraction of sp³-hybridized carbons (Fsp3) is 0.0833. The van der Waals surface area contributed by atoms with Crippen LogP contribution in [0.15, 0.2) is 109 Å². The van der Waals surface area contributed by atoms with Gasteiger partial charge >= 0.3 is 0 Å². The summed E-state index contributed by atoms with van der Waals surface area (Å²) in [6.07, 6.45) is 2.22. The number of hydrogen-bond acceptors (Lipinski definition) is 0. The van der Waals surface area contributed by atoms with Crippen LogP contribution in [0.25, 0.3) is 71.3 Å². The fourth-order valence-electron chi connectivity index (χ4n) is 6.61. The molecule has 38 heavy (non-hydrogen) atoms. The molecule has 0 bridgehead atoms. The summed E-state index contributed by atoms with van der Waals surface area (Å²) >= 11 is 0. The van der Waals surface area contributed by atoms with E-state index in [-0.39, 0.29) is 0 Å². The lowest BCUT2D eigenvalue weighted by Crippen LogP contribution is -2.29. The molecule has 3 heterocycles. The SMILES string of the molecule is Cc1cc2c3c(-c4ccccc4)cccc3n3c4cc(-c5ccccc5)cc5cc[n+](C)c(c(c1C)c23)c54. The van der Waals surface area contributed by atoms with Crippen molar-refractivity contribution in [1.29, 1.82) is 0 Å². The van der Waals surface area contributed by atoms with Gasteiger partial charge in [0.05, 0.1) is 27.3 Å². The summed E-state index contributed by atoms with van der Waals surface area (Å²) in [5, 5.41) is 6.59. The van der Waals surface area contributed by atoms with E-state index in [4.69, 9.17) is 0 Å². The molecule has 0 amide bonds. The molecule has 2 heteroatoms. The number of aromatic nitrogens is 2. The summed E-state index contributed by atoms with van der Waals surface area (Å²) in [6.45, 7) is 4.54. The predicted molar refractivity (Wildman–Crippen MR) is 160 cm³/mol. The number of benzene rings is 5. The van der Waals surface area contributed by atoms with E-state index in [0.29, 0.717) is 0 Å². The maximum atomic E-state index is 2.54. The minimum absolute atomic E-state index is 1.24. The van der Waals surface area contributed by atoms with Crippen molar-refractivity contribution in [1.82, 2.24) is 4.40 Å². The summed E-state index contributed by atoms with van der Waals surface area (Å²) in [5.41, 5.74) is 12.8. The lowest BCUT2D eigenvalue weighted by atomic mass is 9.94. The number of pyridine rings is 2. The lowest BCUT2D eigenvalue weighted by Gasteiger charge is -2.15. The molecule has 0 aliphatic heterocycles. The Morgan fingerprint density at radius 3 is 2.11 bits per heavy atom. The zero-order valence-corrected chi connectivity index (χ0v) is 21.8. The third-order valence-corrected chi connectivity index (χ3v) is 8.48. The Morgan fingerprint density at radius 1 is 0.605 bits per heavy atom. The molecule has 0 atom stereocenters. The van der Waals surface area contributed by atoms with Crippen LogP contribution >= 0.6 is 0 Å². The van der Waals surface area contributed by atoms with Gasteiger partial charge in [-0.15, -0.1) is 0 Å². The molecule has 0 radical (unpaired) electrons. The van der Waals surface area contributed by atoms with Crippen LogP contribution in [0.3, 0.4) is 0 Å². The third-order valence-electron chi connectivity index (χ3n) is 8.48. The van der Waals surface area contributed by atoms with Crippen LogP contribution < -0.4 is 4.57 Å². The average molecular weight is 488 g/mol. The zero-order valence-electron chi connectivity index (χ0n) is 21.8. The largest absolute Gasteiger partial charge is 0.307 e. The first-order valence-electron chi connectivity index (χ1n) is 13.3. The number of aryl methyl sites for hydroxylation is 3. The molecule has 0 N–H and O–H groups in total. The topological polar surface area (TPSA) is 8.29 Å². The summed E-state index contributed by atoms with van der Waals surface area (Å²) in [6, 6.07) is 37.8. The highest BCUT2D eigenvalue weighted by molar-refractivity contribution is 6.28. The third kappa shape index (κ3) is 2.75. The normalized spacial score (nSPS) is 12.1. The van der Waals surface area contributed by atoms with E-state index in [0.717, 1.165) is 0 Å². The highest BCUT2D eigenvalue weighted by Gasteiger charge is 2.26. The van der Waals surface area contributed by atoms with Gasteiger partial charge < -0.3 is 4.40 Å². The summed E-state index contributed by atoms with van der Waals surface area (Å²) < 4.78 is 4.86. The van der Waals surface area contributed by atoms with Crippen LogP contribution in [0.2, 0.25) is 0 Å². The number of fused-ring (bicyclic) bond motifs is 5. The molecule has 180 valence electrons. The molecule has 2 nitrogen and oxygen atoms in total. The number of nitrogens with zero attached hydrogens (tertiary/aromatic N) is 2. The molecule has 0 spiro atoms. The molecule has 0 fully saturated rings. The standard InChI is InChI=1S/C36H27N2/c1-22-19-29-34-28(25-13-8-5-9-14-25)15-10-16-30(34)38-31-21-27(24-11-6-4-7-12-24)20-26-17-18-37(3)36(33(26)31)32(23(22)2)35(29)38/h4-21H,1-3H3/q+1. The number of rotatable bonds is 2. The molecular weight excluding hydrogens is 460 g/mol. The van der Waals surface area contributed by atoms with Gasteiger partial charge in [-0.25, -0.2) is 4.57 Å². The van der Waals surface area contributed by atoms with Gasteiger partial charge in [0.2, 0.25) is 5.52 Å². The highest BCUT2D eigenvalue weighted by atomic mass is 15.0. The molecule has 0 aliphatic carbocycles. The molecule has 0 unspecified atom stereocenters. The summed E-state index contributed by atoms with van der Waals surface area (Å²) in [5.74, 6) is 0. The Morgan fingerprint density at radius 2 is 1.34 bits per heavy atom. The van der Waals surface area contributed by atoms with Crippen LogP contribution in [0.5, 0.6) is 0 Å². The van der Waals surface area contributed by atoms with Gasteiger partial charge in [-0.1, -0.05) is 72.8 Å². The number of hydrogen-bond donors (Lipinski definition) is 0. The van der Waals surface area contributed by atoms with E-state index in [1.807, 2.05) is 0 Å². The highest BCUT2D eigenvalue weighted by Crippen LogP contribution is 2.45. The van der Waals surface area contributed by atoms with E-state index >= 15 is 0 Å². The van der Waals surface area contributed by atoms with Crippen molar-refractivity contribution in [2.75, 3.05) is 0 Å². The Hall–Kier alpha value is -4.69. The van der Waals surface area contributed by atoms with Crippen LogP contribution in [0, 0.1) is 13.8 Å². The van der Waals surface area contributed by atoms with Crippen molar-refractivity contribution in [3.8, 4) is 22.3 Å². The van der Waals surface area contributed by atoms with Crippen LogP contribution in [-0.2, 0) is 7.05 Å². The van der Waals surface area contributed by atoms with Gasteiger partial charge in [-0.3, -0.25) is 0 Å². The summed E-state index contributed by atoms with van der Waals surface area (Å²) in [4.78, 5) is 0. The van der Waals surface area contributed by atoms with Crippen molar-refractivity contribution in [3.05, 3.63) is 120 Å². The molecule has 0 aliphatic rings. The van der Waals surface area contributed by atoms with Crippen LogP contribution in [-0.4, -0.2) is 4.40 Å². The minimum atomic E-state index is 1.24. The van der Waals surface area contributed by atoms with Gasteiger partial charge in [0, 0.05) is 16.8 Å². The van der Waals surface area contributed by atoms with E-state index in [1.165, 1.54) is 82.4 Å². The molecule has 0 saturated carbocycles. The first-order chi connectivity index (χ1) is 18.6. The fourth-order valence-corrected chi connectivity index (χ4v) is 6.61. The average Bonchev–Trinajstić information content (AvgIpc) is 3.29. The van der Waals surface area contributed by atoms with Crippen molar-refractivity contribution < 1.29 is 4.57 Å². The molecule has 8 aromatic rings. The second kappa shape index (κ2) is 7.66. The van der Waals surface area contributed by atoms with Crippen LogP contribution in [0.4, 0.5) is 0 Å². The van der Waals surface area contributed by atoms with Crippen molar-refractivity contribution in [2.24, 2.45) is 7.05 Å². The minimum Gasteiger partial charge on any atom is -0.307 e. The maximum Gasteiger partial charge on any atom is 0.224 e. The van der Waals surface area contributed by atoms with Crippen molar-refractivity contribution in [3.63, 3.8) is 0 Å². The monoisotopic (exact) mass is 487 g/mol. The Balaban J connectivity index is 1.70. The maximum absolute atomic E-state index is 2.54. The summed E-state index contributed by atoms with van der Waals surface area (Å²) in [7, 11) is 2.19. The Labute approximate surface area is 221 Å². The van der Waals surface area contributed by atoms with Crippen molar-refractivity contribution in [2.45, 2.75) is 13.8 Å². The van der Waals surface area contributed by atoms with Crippen LogP contribution in [0.1, 0.15) is 11.1 Å². The first-order valence-corrected chi connectivity index (χ1v) is 13.3. The van der Waals surface area contributed by atoms with Gasteiger partial charge in [0.1, 0.15) is 7.05 Å². The van der Waals surface area contributed by atoms with Crippen molar-refractivity contribution >= 4 is 49.0 Å². The van der Waals surface area contributed by atoms with Gasteiger partial charge in [0.25, 0.3) is 0 Å².